The van der Waals surface area contributed by atoms with Crippen molar-refractivity contribution in [1.82, 2.24) is 0 Å². The Morgan fingerprint density at radius 2 is 2.00 bits per heavy atom. The van der Waals surface area contributed by atoms with Gasteiger partial charge in [0.15, 0.2) is 5.79 Å². The molecule has 0 aromatic carbocycles. The summed E-state index contributed by atoms with van der Waals surface area (Å²) in [5, 5.41) is 0. The number of esters is 1. The molecule has 2 saturated heterocycles. The summed E-state index contributed by atoms with van der Waals surface area (Å²) in [5.74, 6) is -1.20. The largest absolute Gasteiger partial charge is 0.432 e. The van der Waals surface area contributed by atoms with Gasteiger partial charge in [0.2, 0.25) is 0 Å². The monoisotopic (exact) mass is 460 g/mol. The fourth-order valence-corrected chi connectivity index (χ4v) is 5.24. The molecule has 33 heavy (non-hydrogen) atoms. The number of methoxy groups -OCH3 is 2. The zero-order chi connectivity index (χ0) is 24.5. The summed E-state index contributed by atoms with van der Waals surface area (Å²) in [4.78, 5) is 12.1. The molecule has 0 unspecified atom stereocenters. The first-order valence-electron chi connectivity index (χ1n) is 11.7. The summed E-state index contributed by atoms with van der Waals surface area (Å²) in [6, 6.07) is 0. The van der Waals surface area contributed by atoms with E-state index in [1.54, 1.807) is 14.2 Å². The van der Waals surface area contributed by atoms with Crippen LogP contribution in [-0.2, 0) is 28.5 Å². The van der Waals surface area contributed by atoms with Gasteiger partial charge in [-0.1, -0.05) is 30.7 Å². The van der Waals surface area contributed by atoms with Crippen LogP contribution in [0.25, 0.3) is 0 Å². The van der Waals surface area contributed by atoms with E-state index in [4.69, 9.17) is 23.7 Å². The minimum atomic E-state index is -0.735. The summed E-state index contributed by atoms with van der Waals surface area (Å²) in [5.41, 5.74) is 0.866. The van der Waals surface area contributed by atoms with E-state index in [9.17, 15) is 4.79 Å². The van der Waals surface area contributed by atoms with Crippen molar-refractivity contribution in [3.8, 4) is 0 Å². The fourth-order valence-electron chi connectivity index (χ4n) is 5.24. The summed E-state index contributed by atoms with van der Waals surface area (Å²) < 4.78 is 29.7. The summed E-state index contributed by atoms with van der Waals surface area (Å²) in [6.07, 6.45) is 13.7. The molecule has 0 bridgehead atoms. The van der Waals surface area contributed by atoms with Gasteiger partial charge in [0, 0.05) is 32.6 Å². The Kier molecular flexibility index (Phi) is 7.45. The van der Waals surface area contributed by atoms with Gasteiger partial charge in [0.05, 0.1) is 24.6 Å². The lowest BCUT2D eigenvalue weighted by molar-refractivity contribution is -0.235. The lowest BCUT2D eigenvalue weighted by atomic mass is 9.58. The Balaban J connectivity index is 1.98. The predicted molar refractivity (Wildman–Crippen MR) is 127 cm³/mol. The van der Waals surface area contributed by atoms with E-state index in [1.165, 1.54) is 12.3 Å². The maximum absolute atomic E-state index is 12.1. The third-order valence-electron chi connectivity index (χ3n) is 7.31. The average molecular weight is 461 g/mol. The van der Waals surface area contributed by atoms with Gasteiger partial charge >= 0.3 is 5.97 Å². The number of rotatable bonds is 8. The average Bonchev–Trinajstić information content (AvgIpc) is 3.21. The van der Waals surface area contributed by atoms with Crippen LogP contribution in [0.2, 0.25) is 0 Å². The molecule has 6 nitrogen and oxygen atoms in total. The molecule has 2 heterocycles. The van der Waals surface area contributed by atoms with Crippen molar-refractivity contribution in [1.29, 1.82) is 0 Å². The maximum Gasteiger partial charge on any atom is 0.335 e. The van der Waals surface area contributed by atoms with Crippen molar-refractivity contribution in [2.75, 3.05) is 20.8 Å². The molecule has 0 amide bonds. The predicted octanol–water partition coefficient (Wildman–Crippen LogP) is 5.25. The van der Waals surface area contributed by atoms with Crippen LogP contribution in [0.15, 0.2) is 47.8 Å². The molecule has 184 valence electrons. The van der Waals surface area contributed by atoms with E-state index in [2.05, 4.69) is 25.2 Å². The zero-order valence-corrected chi connectivity index (χ0v) is 21.4. The van der Waals surface area contributed by atoms with Crippen LogP contribution < -0.4 is 0 Å². The normalized spacial score (nSPS) is 36.1. The van der Waals surface area contributed by atoms with E-state index >= 15 is 0 Å². The third kappa shape index (κ3) is 5.19. The number of carbonyl (C=O) groups is 1. The highest BCUT2D eigenvalue weighted by molar-refractivity contribution is 5.83. The van der Waals surface area contributed by atoms with Crippen LogP contribution in [0.4, 0.5) is 0 Å². The molecular formula is C27H40O6. The van der Waals surface area contributed by atoms with Gasteiger partial charge in [-0.25, -0.2) is 4.79 Å². The number of allylic oxidation sites excluding steroid dienone is 3. The van der Waals surface area contributed by atoms with Gasteiger partial charge in [0.25, 0.3) is 0 Å². The number of ether oxygens (including phenoxy) is 5. The van der Waals surface area contributed by atoms with Crippen LogP contribution in [0, 0.1) is 11.3 Å². The van der Waals surface area contributed by atoms with Gasteiger partial charge in [0.1, 0.15) is 5.60 Å². The molecule has 0 aromatic rings. The molecule has 3 aliphatic rings. The van der Waals surface area contributed by atoms with E-state index in [1.807, 2.05) is 40.7 Å². The molecule has 0 N–H and O–H groups in total. The van der Waals surface area contributed by atoms with Crippen molar-refractivity contribution in [2.45, 2.75) is 83.9 Å². The molecule has 2 fully saturated rings. The minimum Gasteiger partial charge on any atom is -0.432 e. The fraction of sp³-hybridized carbons (Fsp3) is 0.667. The lowest BCUT2D eigenvalue weighted by Gasteiger charge is -2.49. The second-order valence-corrected chi connectivity index (χ2v) is 10.7. The first-order valence-corrected chi connectivity index (χ1v) is 11.7. The second-order valence-electron chi connectivity index (χ2n) is 10.7. The summed E-state index contributed by atoms with van der Waals surface area (Å²) in [7, 11) is 3.39. The lowest BCUT2D eigenvalue weighted by Crippen LogP contribution is -2.53. The Labute approximate surface area is 198 Å². The molecule has 0 saturated carbocycles. The van der Waals surface area contributed by atoms with E-state index < -0.39 is 11.4 Å². The Hall–Kier alpha value is -1.73. The van der Waals surface area contributed by atoms with Crippen LogP contribution >= 0.6 is 0 Å². The molecule has 0 aromatic heterocycles. The van der Waals surface area contributed by atoms with Crippen molar-refractivity contribution in [3.05, 3.63) is 47.8 Å². The molecular weight excluding hydrogens is 420 g/mol. The van der Waals surface area contributed by atoms with Crippen molar-refractivity contribution in [3.63, 3.8) is 0 Å². The molecule has 5 atom stereocenters. The first-order chi connectivity index (χ1) is 15.4. The quantitative estimate of drug-likeness (QED) is 0.213. The van der Waals surface area contributed by atoms with E-state index in [-0.39, 0.29) is 29.0 Å². The van der Waals surface area contributed by atoms with E-state index in [0.29, 0.717) is 13.0 Å². The standard InChI is InChI=1S/C27H40O6/c1-19(2)16-23(28)31-15-11-21-25(5,13-9-12-24(3,4)29-7)14-10-20-18-32-22-17-26(6,30-8)33-27(20,21)22/h9-12,15-16,21-22H,13-14,17-18H2,1-8H3/b12-9+,15-11+/t21-,22+,25+,26-,27-/m1/s1. The van der Waals surface area contributed by atoms with Crippen LogP contribution in [-0.4, -0.2) is 49.9 Å². The SMILES string of the molecule is COC(C)(C)/C=C/C[C@@]1(C)CC=C2CO[C@H]3C[C@](C)(OC)O[C@@]23[C@@H]1/C=C/OC(=O)C=C(C)C. The van der Waals surface area contributed by atoms with Gasteiger partial charge < -0.3 is 23.7 Å². The molecule has 0 radical (unpaired) electrons. The van der Waals surface area contributed by atoms with Gasteiger partial charge in [-0.15, -0.1) is 0 Å². The molecule has 6 heteroatoms. The number of hydrogen-bond donors (Lipinski definition) is 0. The van der Waals surface area contributed by atoms with Crippen LogP contribution in [0.1, 0.15) is 60.8 Å². The highest BCUT2D eigenvalue weighted by Crippen LogP contribution is 2.60. The Bertz CT molecular complexity index is 864. The second kappa shape index (κ2) is 9.49. The summed E-state index contributed by atoms with van der Waals surface area (Å²) >= 11 is 0. The maximum atomic E-state index is 12.1. The van der Waals surface area contributed by atoms with Crippen LogP contribution in [0.3, 0.4) is 0 Å². The molecule has 1 spiro atoms. The highest BCUT2D eigenvalue weighted by atomic mass is 16.7. The van der Waals surface area contributed by atoms with Crippen LogP contribution in [0.5, 0.6) is 0 Å². The first kappa shape index (κ1) is 25.9. The van der Waals surface area contributed by atoms with Crippen molar-refractivity contribution >= 4 is 5.97 Å². The zero-order valence-electron chi connectivity index (χ0n) is 21.4. The van der Waals surface area contributed by atoms with Gasteiger partial charge in [-0.3, -0.25) is 0 Å². The van der Waals surface area contributed by atoms with Gasteiger partial charge in [-0.05, 0) is 64.5 Å². The number of carbonyl (C=O) groups excluding carboxylic acids is 1. The third-order valence-corrected chi connectivity index (χ3v) is 7.31. The minimum absolute atomic E-state index is 0.0794. The summed E-state index contributed by atoms with van der Waals surface area (Å²) in [6.45, 7) is 12.6. The van der Waals surface area contributed by atoms with E-state index in [0.717, 1.165) is 24.0 Å². The molecule has 1 aliphatic carbocycles. The molecule has 2 aliphatic heterocycles. The van der Waals surface area contributed by atoms with Crippen molar-refractivity contribution < 1.29 is 28.5 Å². The number of hydrogen-bond acceptors (Lipinski definition) is 6. The Morgan fingerprint density at radius 1 is 1.27 bits per heavy atom. The highest BCUT2D eigenvalue weighted by Gasteiger charge is 2.67. The molecule has 3 rings (SSSR count). The smallest absolute Gasteiger partial charge is 0.335 e. The Morgan fingerprint density at radius 3 is 2.64 bits per heavy atom. The topological polar surface area (TPSA) is 63.2 Å². The van der Waals surface area contributed by atoms with Gasteiger partial charge in [-0.2, -0.15) is 0 Å². The van der Waals surface area contributed by atoms with Crippen molar-refractivity contribution in [2.24, 2.45) is 11.3 Å².